The molecule has 0 aliphatic carbocycles. The number of carbonyl (C=O) groups is 1. The van der Waals surface area contributed by atoms with Crippen molar-refractivity contribution < 1.29 is 9.53 Å². The summed E-state index contributed by atoms with van der Waals surface area (Å²) in [6, 6.07) is 24.3. The van der Waals surface area contributed by atoms with Gasteiger partial charge in [0.25, 0.3) is 5.56 Å². The van der Waals surface area contributed by atoms with Crippen LogP contribution in [0.15, 0.2) is 101 Å². The van der Waals surface area contributed by atoms with Gasteiger partial charge in [-0.15, -0.1) is 6.58 Å². The number of aromatic nitrogens is 2. The SMILES string of the molecule is C=CCN(C(=O)CSc1nc2ccccc2c(=O)n1Cc1ccc(OC)cc1)c1ccccc1. The summed E-state index contributed by atoms with van der Waals surface area (Å²) in [6.45, 7) is 4.51. The summed E-state index contributed by atoms with van der Waals surface area (Å²) in [5.74, 6) is 0.793. The highest BCUT2D eigenvalue weighted by molar-refractivity contribution is 7.99. The number of rotatable bonds is 9. The maximum atomic E-state index is 13.4. The van der Waals surface area contributed by atoms with Gasteiger partial charge in [0.05, 0.1) is 30.3 Å². The van der Waals surface area contributed by atoms with Crippen LogP contribution in [0.3, 0.4) is 0 Å². The predicted molar refractivity (Wildman–Crippen MR) is 138 cm³/mol. The lowest BCUT2D eigenvalue weighted by Crippen LogP contribution is -2.33. The Morgan fingerprint density at radius 1 is 1.06 bits per heavy atom. The van der Waals surface area contributed by atoms with Gasteiger partial charge in [0, 0.05) is 12.2 Å². The zero-order valence-corrected chi connectivity index (χ0v) is 19.7. The quantitative estimate of drug-likeness (QED) is 0.200. The first kappa shape index (κ1) is 23.3. The topological polar surface area (TPSA) is 64.4 Å². The molecule has 0 radical (unpaired) electrons. The molecule has 4 rings (SSSR count). The Kier molecular flexibility index (Phi) is 7.44. The van der Waals surface area contributed by atoms with Crippen molar-refractivity contribution in [3.63, 3.8) is 0 Å². The average Bonchev–Trinajstić information content (AvgIpc) is 2.88. The van der Waals surface area contributed by atoms with E-state index in [1.807, 2.05) is 72.8 Å². The Labute approximate surface area is 202 Å². The van der Waals surface area contributed by atoms with E-state index in [2.05, 4.69) is 6.58 Å². The molecule has 0 aliphatic heterocycles. The molecule has 1 heterocycles. The molecule has 7 heteroatoms. The molecule has 0 bridgehead atoms. The molecule has 0 saturated heterocycles. The number of hydrogen-bond donors (Lipinski definition) is 0. The molecule has 34 heavy (non-hydrogen) atoms. The predicted octanol–water partition coefficient (Wildman–Crippen LogP) is 4.76. The summed E-state index contributed by atoms with van der Waals surface area (Å²) in [7, 11) is 1.61. The highest BCUT2D eigenvalue weighted by atomic mass is 32.2. The number of amides is 1. The maximum absolute atomic E-state index is 13.4. The monoisotopic (exact) mass is 471 g/mol. The van der Waals surface area contributed by atoms with E-state index >= 15 is 0 Å². The van der Waals surface area contributed by atoms with Crippen molar-refractivity contribution in [3.05, 3.63) is 107 Å². The lowest BCUT2D eigenvalue weighted by molar-refractivity contribution is -0.116. The number of carbonyl (C=O) groups excluding carboxylic acids is 1. The second-order valence-electron chi connectivity index (χ2n) is 7.57. The van der Waals surface area contributed by atoms with Gasteiger partial charge in [-0.25, -0.2) is 4.98 Å². The number of para-hydroxylation sites is 2. The molecule has 172 valence electrons. The fourth-order valence-corrected chi connectivity index (χ4v) is 4.48. The second kappa shape index (κ2) is 10.9. The van der Waals surface area contributed by atoms with Crippen LogP contribution in [0.25, 0.3) is 10.9 Å². The van der Waals surface area contributed by atoms with E-state index in [1.165, 1.54) is 11.8 Å². The summed E-state index contributed by atoms with van der Waals surface area (Å²) < 4.78 is 6.86. The van der Waals surface area contributed by atoms with E-state index in [-0.39, 0.29) is 17.2 Å². The number of fused-ring (bicyclic) bond motifs is 1. The van der Waals surface area contributed by atoms with Crippen LogP contribution in [-0.2, 0) is 11.3 Å². The highest BCUT2D eigenvalue weighted by Crippen LogP contribution is 2.22. The third-order valence-corrected chi connectivity index (χ3v) is 6.29. The van der Waals surface area contributed by atoms with Gasteiger partial charge < -0.3 is 9.64 Å². The summed E-state index contributed by atoms with van der Waals surface area (Å²) >= 11 is 1.26. The number of hydrogen-bond acceptors (Lipinski definition) is 5. The van der Waals surface area contributed by atoms with Crippen LogP contribution >= 0.6 is 11.8 Å². The fourth-order valence-electron chi connectivity index (χ4n) is 3.60. The van der Waals surface area contributed by atoms with Gasteiger partial charge in [-0.2, -0.15) is 0 Å². The lowest BCUT2D eigenvalue weighted by atomic mass is 10.2. The van der Waals surface area contributed by atoms with E-state index in [1.54, 1.807) is 28.7 Å². The van der Waals surface area contributed by atoms with E-state index in [0.717, 1.165) is 17.0 Å². The van der Waals surface area contributed by atoms with Crippen LogP contribution in [-0.4, -0.2) is 34.9 Å². The van der Waals surface area contributed by atoms with Crippen molar-refractivity contribution in [2.75, 3.05) is 24.3 Å². The minimum Gasteiger partial charge on any atom is -0.497 e. The van der Waals surface area contributed by atoms with Crippen LogP contribution < -0.4 is 15.2 Å². The Morgan fingerprint density at radius 3 is 2.47 bits per heavy atom. The van der Waals surface area contributed by atoms with Gasteiger partial charge in [-0.05, 0) is 42.0 Å². The molecule has 0 N–H and O–H groups in total. The largest absolute Gasteiger partial charge is 0.497 e. The van der Waals surface area contributed by atoms with Gasteiger partial charge in [0.2, 0.25) is 5.91 Å². The molecule has 0 aliphatic rings. The minimum atomic E-state index is -0.137. The summed E-state index contributed by atoms with van der Waals surface area (Å²) in [4.78, 5) is 32.9. The van der Waals surface area contributed by atoms with E-state index in [0.29, 0.717) is 29.1 Å². The molecule has 4 aromatic rings. The van der Waals surface area contributed by atoms with Crippen molar-refractivity contribution in [2.24, 2.45) is 0 Å². The van der Waals surface area contributed by atoms with Crippen LogP contribution in [0.4, 0.5) is 5.69 Å². The maximum Gasteiger partial charge on any atom is 0.262 e. The molecule has 6 nitrogen and oxygen atoms in total. The molecule has 0 saturated carbocycles. The Morgan fingerprint density at radius 2 is 1.76 bits per heavy atom. The number of benzene rings is 3. The van der Waals surface area contributed by atoms with E-state index < -0.39 is 0 Å². The van der Waals surface area contributed by atoms with Crippen molar-refractivity contribution in [2.45, 2.75) is 11.7 Å². The number of ether oxygens (including phenoxy) is 1. The van der Waals surface area contributed by atoms with Crippen molar-refractivity contribution in [3.8, 4) is 5.75 Å². The average molecular weight is 472 g/mol. The molecule has 1 amide bonds. The zero-order valence-electron chi connectivity index (χ0n) is 18.9. The lowest BCUT2D eigenvalue weighted by Gasteiger charge is -2.21. The Hall–Kier alpha value is -3.84. The van der Waals surface area contributed by atoms with Gasteiger partial charge in [-0.3, -0.25) is 14.2 Å². The first-order valence-corrected chi connectivity index (χ1v) is 11.8. The normalized spacial score (nSPS) is 10.7. The summed E-state index contributed by atoms with van der Waals surface area (Å²) in [5, 5.41) is 1.05. The fraction of sp³-hybridized carbons (Fsp3) is 0.148. The molecule has 0 unspecified atom stereocenters. The third kappa shape index (κ3) is 5.21. The van der Waals surface area contributed by atoms with Gasteiger partial charge >= 0.3 is 0 Å². The minimum absolute atomic E-state index is 0.0884. The van der Waals surface area contributed by atoms with Crippen molar-refractivity contribution in [1.29, 1.82) is 0 Å². The molecule has 0 fully saturated rings. The molecule has 0 atom stereocenters. The second-order valence-corrected chi connectivity index (χ2v) is 8.51. The summed E-state index contributed by atoms with van der Waals surface area (Å²) in [5.41, 5.74) is 2.21. The van der Waals surface area contributed by atoms with Crippen LogP contribution in [0.2, 0.25) is 0 Å². The smallest absolute Gasteiger partial charge is 0.262 e. The summed E-state index contributed by atoms with van der Waals surface area (Å²) in [6.07, 6.45) is 1.70. The first-order valence-electron chi connectivity index (χ1n) is 10.8. The zero-order chi connectivity index (χ0) is 23.9. The molecule has 3 aromatic carbocycles. The van der Waals surface area contributed by atoms with E-state index in [4.69, 9.17) is 9.72 Å². The van der Waals surface area contributed by atoms with Gasteiger partial charge in [-0.1, -0.05) is 60.3 Å². The number of methoxy groups -OCH3 is 1. The molecule has 0 spiro atoms. The van der Waals surface area contributed by atoms with Gasteiger partial charge in [0.1, 0.15) is 5.75 Å². The highest BCUT2D eigenvalue weighted by Gasteiger charge is 2.18. The third-order valence-electron chi connectivity index (χ3n) is 5.33. The standard InChI is InChI=1S/C27H25N3O3S/c1-3-17-29(21-9-5-4-6-10-21)25(31)19-34-27-28-24-12-8-7-11-23(24)26(32)30(27)18-20-13-15-22(33-2)16-14-20/h3-16H,1,17-19H2,2H3. The van der Waals surface area contributed by atoms with Crippen LogP contribution in [0, 0.1) is 0 Å². The number of thioether (sulfide) groups is 1. The Balaban J connectivity index is 1.65. The van der Waals surface area contributed by atoms with Crippen LogP contribution in [0.1, 0.15) is 5.56 Å². The number of anilines is 1. The number of nitrogens with zero attached hydrogens (tertiary/aromatic N) is 3. The van der Waals surface area contributed by atoms with Crippen molar-refractivity contribution in [1.82, 2.24) is 9.55 Å². The molecular formula is C27H25N3O3S. The molecule has 1 aromatic heterocycles. The van der Waals surface area contributed by atoms with Crippen molar-refractivity contribution >= 4 is 34.3 Å². The first-order chi connectivity index (χ1) is 16.6. The molecular weight excluding hydrogens is 446 g/mol. The Bertz CT molecular complexity index is 1350. The van der Waals surface area contributed by atoms with E-state index in [9.17, 15) is 9.59 Å². The van der Waals surface area contributed by atoms with Gasteiger partial charge in [0.15, 0.2) is 5.16 Å². The van der Waals surface area contributed by atoms with Crippen LogP contribution in [0.5, 0.6) is 5.75 Å².